The molecule has 0 radical (unpaired) electrons. The molecule has 0 aromatic carbocycles. The molecule has 1 aliphatic rings. The summed E-state index contributed by atoms with van der Waals surface area (Å²) < 4.78 is 0. The Morgan fingerprint density at radius 2 is 2.31 bits per heavy atom. The molecule has 1 aromatic heterocycles. The summed E-state index contributed by atoms with van der Waals surface area (Å²) in [4.78, 5) is 15.7. The standard InChI is InChI=1S/C12H17N3O/c16-12(8-10-2-1-5-14-9-10)15-11-3-6-13-7-4-11/h1-2,5,9,11,13H,3-4,6-8H2,(H,15,16). The van der Waals surface area contributed by atoms with Gasteiger partial charge in [-0.15, -0.1) is 0 Å². The lowest BCUT2D eigenvalue weighted by Gasteiger charge is -2.23. The first-order chi connectivity index (χ1) is 7.84. The SMILES string of the molecule is O=C(Cc1cccnc1)NC1CCNCC1. The van der Waals surface area contributed by atoms with Crippen molar-refractivity contribution < 1.29 is 4.79 Å². The Balaban J connectivity index is 1.80. The van der Waals surface area contributed by atoms with Crippen molar-refractivity contribution in [1.29, 1.82) is 0 Å². The lowest BCUT2D eigenvalue weighted by molar-refractivity contribution is -0.121. The Kier molecular flexibility index (Phi) is 3.88. The number of hydrogen-bond donors (Lipinski definition) is 2. The first-order valence-electron chi connectivity index (χ1n) is 5.73. The fourth-order valence-corrected chi connectivity index (χ4v) is 1.93. The van der Waals surface area contributed by atoms with Crippen LogP contribution in [-0.2, 0) is 11.2 Å². The predicted molar refractivity (Wildman–Crippen MR) is 62.0 cm³/mol. The molecule has 0 bridgehead atoms. The molecule has 86 valence electrons. The highest BCUT2D eigenvalue weighted by Crippen LogP contribution is 2.03. The summed E-state index contributed by atoms with van der Waals surface area (Å²) in [5.41, 5.74) is 0.967. The lowest BCUT2D eigenvalue weighted by atomic mass is 10.1. The highest BCUT2D eigenvalue weighted by atomic mass is 16.1. The first-order valence-corrected chi connectivity index (χ1v) is 5.73. The third-order valence-electron chi connectivity index (χ3n) is 2.79. The maximum absolute atomic E-state index is 11.7. The number of piperidine rings is 1. The molecule has 0 unspecified atom stereocenters. The van der Waals surface area contributed by atoms with Crippen LogP contribution in [0, 0.1) is 0 Å². The smallest absolute Gasteiger partial charge is 0.224 e. The molecule has 4 heteroatoms. The number of amides is 1. The van der Waals surface area contributed by atoms with E-state index in [0.29, 0.717) is 12.5 Å². The van der Waals surface area contributed by atoms with Gasteiger partial charge in [-0.2, -0.15) is 0 Å². The molecule has 0 atom stereocenters. The zero-order valence-corrected chi connectivity index (χ0v) is 9.28. The molecule has 1 saturated heterocycles. The monoisotopic (exact) mass is 219 g/mol. The van der Waals surface area contributed by atoms with E-state index in [0.717, 1.165) is 31.5 Å². The van der Waals surface area contributed by atoms with Gasteiger partial charge in [-0.3, -0.25) is 9.78 Å². The fourth-order valence-electron chi connectivity index (χ4n) is 1.93. The van der Waals surface area contributed by atoms with Gasteiger partial charge >= 0.3 is 0 Å². The van der Waals surface area contributed by atoms with Crippen molar-refractivity contribution >= 4 is 5.91 Å². The van der Waals surface area contributed by atoms with E-state index in [2.05, 4.69) is 15.6 Å². The van der Waals surface area contributed by atoms with Crippen LogP contribution in [0.5, 0.6) is 0 Å². The lowest BCUT2D eigenvalue weighted by Crippen LogP contribution is -2.43. The van der Waals surface area contributed by atoms with Crippen molar-refractivity contribution in [2.75, 3.05) is 13.1 Å². The van der Waals surface area contributed by atoms with Crippen LogP contribution in [-0.4, -0.2) is 30.0 Å². The summed E-state index contributed by atoms with van der Waals surface area (Å²) in [6, 6.07) is 4.12. The highest BCUT2D eigenvalue weighted by molar-refractivity contribution is 5.78. The quantitative estimate of drug-likeness (QED) is 0.778. The Morgan fingerprint density at radius 3 is 3.00 bits per heavy atom. The normalized spacial score (nSPS) is 17.0. The maximum Gasteiger partial charge on any atom is 0.224 e. The van der Waals surface area contributed by atoms with E-state index >= 15 is 0 Å². The number of rotatable bonds is 3. The largest absolute Gasteiger partial charge is 0.353 e. The third-order valence-corrected chi connectivity index (χ3v) is 2.79. The first kappa shape index (κ1) is 11.1. The summed E-state index contributed by atoms with van der Waals surface area (Å²) in [5.74, 6) is 0.0971. The van der Waals surface area contributed by atoms with E-state index in [-0.39, 0.29) is 5.91 Å². The van der Waals surface area contributed by atoms with Crippen molar-refractivity contribution in [1.82, 2.24) is 15.6 Å². The van der Waals surface area contributed by atoms with Gasteiger partial charge in [0.1, 0.15) is 0 Å². The minimum atomic E-state index is 0.0971. The molecule has 0 aliphatic carbocycles. The van der Waals surface area contributed by atoms with Crippen LogP contribution in [0.25, 0.3) is 0 Å². The number of nitrogens with one attached hydrogen (secondary N) is 2. The Hall–Kier alpha value is -1.42. The molecule has 4 nitrogen and oxygen atoms in total. The minimum Gasteiger partial charge on any atom is -0.353 e. The maximum atomic E-state index is 11.7. The summed E-state index contributed by atoms with van der Waals surface area (Å²) in [6.07, 6.45) is 5.94. The zero-order chi connectivity index (χ0) is 11.2. The number of carbonyl (C=O) groups excluding carboxylic acids is 1. The number of aromatic nitrogens is 1. The van der Waals surface area contributed by atoms with Crippen LogP contribution in [0.15, 0.2) is 24.5 Å². The van der Waals surface area contributed by atoms with Gasteiger partial charge in [-0.05, 0) is 37.6 Å². The number of nitrogens with zero attached hydrogens (tertiary/aromatic N) is 1. The predicted octanol–water partition coefficient (Wildman–Crippen LogP) is 0.492. The molecule has 1 aromatic rings. The van der Waals surface area contributed by atoms with E-state index in [9.17, 15) is 4.79 Å². The van der Waals surface area contributed by atoms with Crippen molar-refractivity contribution in [2.24, 2.45) is 0 Å². The summed E-state index contributed by atoms with van der Waals surface area (Å²) in [5, 5.41) is 6.34. The molecule has 16 heavy (non-hydrogen) atoms. The summed E-state index contributed by atoms with van der Waals surface area (Å²) in [6.45, 7) is 2.00. The molecular formula is C12H17N3O. The van der Waals surface area contributed by atoms with E-state index < -0.39 is 0 Å². The second kappa shape index (κ2) is 5.61. The van der Waals surface area contributed by atoms with E-state index in [1.165, 1.54) is 0 Å². The average Bonchev–Trinajstić information content (AvgIpc) is 2.31. The molecule has 0 saturated carbocycles. The molecule has 1 amide bonds. The topological polar surface area (TPSA) is 54.0 Å². The van der Waals surface area contributed by atoms with E-state index in [1.54, 1.807) is 12.4 Å². The van der Waals surface area contributed by atoms with Gasteiger partial charge in [-0.25, -0.2) is 0 Å². The molecule has 2 N–H and O–H groups in total. The van der Waals surface area contributed by atoms with E-state index in [4.69, 9.17) is 0 Å². The van der Waals surface area contributed by atoms with Gasteiger partial charge in [-0.1, -0.05) is 6.07 Å². The third kappa shape index (κ3) is 3.31. The van der Waals surface area contributed by atoms with Crippen molar-refractivity contribution in [3.05, 3.63) is 30.1 Å². The van der Waals surface area contributed by atoms with Gasteiger partial charge in [0.05, 0.1) is 6.42 Å². The number of carbonyl (C=O) groups is 1. The number of pyridine rings is 1. The molecule has 1 aliphatic heterocycles. The van der Waals surface area contributed by atoms with Gasteiger partial charge in [0.2, 0.25) is 5.91 Å². The van der Waals surface area contributed by atoms with Crippen LogP contribution >= 0.6 is 0 Å². The van der Waals surface area contributed by atoms with Crippen LogP contribution in [0.2, 0.25) is 0 Å². The summed E-state index contributed by atoms with van der Waals surface area (Å²) >= 11 is 0. The fraction of sp³-hybridized carbons (Fsp3) is 0.500. The molecule has 0 spiro atoms. The molecule has 2 rings (SSSR count). The van der Waals surface area contributed by atoms with Gasteiger partial charge < -0.3 is 10.6 Å². The molecule has 2 heterocycles. The van der Waals surface area contributed by atoms with Gasteiger partial charge in [0, 0.05) is 18.4 Å². The average molecular weight is 219 g/mol. The second-order valence-corrected chi connectivity index (χ2v) is 4.13. The Bertz CT molecular complexity index is 333. The van der Waals surface area contributed by atoms with Crippen LogP contribution < -0.4 is 10.6 Å². The molecule has 1 fully saturated rings. The van der Waals surface area contributed by atoms with Gasteiger partial charge in [0.15, 0.2) is 0 Å². The minimum absolute atomic E-state index is 0.0971. The van der Waals surface area contributed by atoms with Crippen LogP contribution in [0.3, 0.4) is 0 Å². The Labute approximate surface area is 95.5 Å². The van der Waals surface area contributed by atoms with Crippen molar-refractivity contribution in [3.63, 3.8) is 0 Å². The second-order valence-electron chi connectivity index (χ2n) is 4.13. The molecular weight excluding hydrogens is 202 g/mol. The van der Waals surface area contributed by atoms with Crippen molar-refractivity contribution in [3.8, 4) is 0 Å². The van der Waals surface area contributed by atoms with Gasteiger partial charge in [0.25, 0.3) is 0 Å². The Morgan fingerprint density at radius 1 is 1.50 bits per heavy atom. The zero-order valence-electron chi connectivity index (χ0n) is 9.28. The number of hydrogen-bond acceptors (Lipinski definition) is 3. The highest BCUT2D eigenvalue weighted by Gasteiger charge is 2.15. The van der Waals surface area contributed by atoms with Crippen molar-refractivity contribution in [2.45, 2.75) is 25.3 Å². The van der Waals surface area contributed by atoms with Crippen LogP contribution in [0.1, 0.15) is 18.4 Å². The van der Waals surface area contributed by atoms with E-state index in [1.807, 2.05) is 12.1 Å². The van der Waals surface area contributed by atoms with Crippen LogP contribution in [0.4, 0.5) is 0 Å². The summed E-state index contributed by atoms with van der Waals surface area (Å²) in [7, 11) is 0.